The van der Waals surface area contributed by atoms with Gasteiger partial charge in [0, 0.05) is 0 Å². The molecule has 0 aromatic rings. The van der Waals surface area contributed by atoms with Crippen LogP contribution in [-0.2, 0) is 20.3 Å². The van der Waals surface area contributed by atoms with Crippen molar-refractivity contribution >= 4 is 0 Å². The van der Waals surface area contributed by atoms with Crippen molar-refractivity contribution in [3.8, 4) is 0 Å². The van der Waals surface area contributed by atoms with Crippen LogP contribution in [0.2, 0.25) is 16.5 Å². The monoisotopic (exact) mass is 234 g/mol. The van der Waals surface area contributed by atoms with E-state index >= 15 is 0 Å². The van der Waals surface area contributed by atoms with E-state index in [-0.39, 0.29) is 0 Å². The van der Waals surface area contributed by atoms with Gasteiger partial charge in [-0.05, 0) is 0 Å². The van der Waals surface area contributed by atoms with Gasteiger partial charge in [-0.3, -0.25) is 0 Å². The first-order chi connectivity index (χ1) is 5.24. The zero-order valence-corrected chi connectivity index (χ0v) is 11.2. The molecule has 0 aliphatic rings. The van der Waals surface area contributed by atoms with E-state index in [0.717, 1.165) is 0 Å². The van der Waals surface area contributed by atoms with Gasteiger partial charge >= 0.3 is 77.3 Å². The number of rotatable bonds is 6. The predicted octanol–water partition coefficient (Wildman–Crippen LogP) is 4.67. The van der Waals surface area contributed by atoms with E-state index in [9.17, 15) is 0 Å². The molecule has 0 amide bonds. The van der Waals surface area contributed by atoms with Gasteiger partial charge in [-0.1, -0.05) is 0 Å². The van der Waals surface area contributed by atoms with Crippen molar-refractivity contribution in [3.05, 3.63) is 0 Å². The summed E-state index contributed by atoms with van der Waals surface area (Å²) in [6, 6.07) is 0. The Labute approximate surface area is 77.2 Å². The first-order valence-corrected chi connectivity index (χ1v) is 12.2. The molecule has 1 heteroatoms. The van der Waals surface area contributed by atoms with E-state index < -0.39 is 20.3 Å². The Morgan fingerprint density at radius 3 is 1.55 bits per heavy atom. The van der Waals surface area contributed by atoms with Crippen LogP contribution in [-0.4, -0.2) is 0 Å². The molecule has 0 spiro atoms. The van der Waals surface area contributed by atoms with Gasteiger partial charge in [0.2, 0.25) is 0 Å². The fourth-order valence-electron chi connectivity index (χ4n) is 1.83. The molecule has 0 atom stereocenters. The first-order valence-electron chi connectivity index (χ1n) is 5.24. The number of hydrogen-bond acceptors (Lipinski definition) is 0. The van der Waals surface area contributed by atoms with Crippen LogP contribution >= 0.6 is 0 Å². The molecule has 0 aromatic heterocycles. The van der Waals surface area contributed by atoms with E-state index in [1.165, 1.54) is 12.8 Å². The molecule has 0 fully saturated rings. The Hall–Kier alpha value is 0.883. The minimum atomic E-state index is -1.46. The van der Waals surface area contributed by atoms with E-state index in [1.807, 2.05) is 0 Å². The summed E-state index contributed by atoms with van der Waals surface area (Å²) < 4.78 is 6.36. The van der Waals surface area contributed by atoms with Crippen molar-refractivity contribution in [2.24, 2.45) is 0 Å². The van der Waals surface area contributed by atoms with Crippen molar-refractivity contribution < 1.29 is 20.3 Å². The van der Waals surface area contributed by atoms with Crippen molar-refractivity contribution in [1.29, 1.82) is 0 Å². The average molecular weight is 236 g/mol. The van der Waals surface area contributed by atoms with Crippen LogP contribution in [0.15, 0.2) is 0 Å². The van der Waals surface area contributed by atoms with Gasteiger partial charge in [0.1, 0.15) is 0 Å². The Balaban J connectivity index is 3.84. The molecule has 0 bridgehead atoms. The van der Waals surface area contributed by atoms with Gasteiger partial charge in [-0.15, -0.1) is 0 Å². The van der Waals surface area contributed by atoms with Gasteiger partial charge in [0.25, 0.3) is 0 Å². The topological polar surface area (TPSA) is 0 Å². The molecule has 0 saturated carbocycles. The molecule has 0 aliphatic carbocycles. The molecule has 0 heterocycles. The molecule has 0 radical (unpaired) electrons. The maximum atomic E-state index is 2.43. The van der Waals surface area contributed by atoms with Crippen molar-refractivity contribution in [1.82, 2.24) is 0 Å². The molecule has 0 aliphatic heterocycles. The third kappa shape index (κ3) is 3.88. The summed E-state index contributed by atoms with van der Waals surface area (Å²) in [6.07, 6.45) is 2.91. The van der Waals surface area contributed by atoms with Gasteiger partial charge in [0.15, 0.2) is 0 Å². The predicted molar refractivity (Wildman–Crippen MR) is 51.2 cm³/mol. The molecular formula is C10H24Zr. The number of hydrogen-bond donors (Lipinski definition) is 0. The molecule has 0 N–H and O–H groups in total. The summed E-state index contributed by atoms with van der Waals surface area (Å²) >= 11 is -1.46. The van der Waals surface area contributed by atoms with Gasteiger partial charge in [-0.2, -0.15) is 0 Å². The van der Waals surface area contributed by atoms with Gasteiger partial charge < -0.3 is 0 Å². The van der Waals surface area contributed by atoms with E-state index in [1.54, 1.807) is 16.5 Å². The van der Waals surface area contributed by atoms with Crippen LogP contribution < -0.4 is 0 Å². The third-order valence-corrected chi connectivity index (χ3v) is 17.8. The molecule has 0 rings (SSSR count). The second-order valence-corrected chi connectivity index (χ2v) is 17.5. The van der Waals surface area contributed by atoms with Crippen molar-refractivity contribution in [3.63, 3.8) is 0 Å². The fourth-order valence-corrected chi connectivity index (χ4v) is 10.8. The van der Waals surface area contributed by atoms with Crippen LogP contribution in [0.5, 0.6) is 0 Å². The second kappa shape index (κ2) is 6.40. The summed E-state index contributed by atoms with van der Waals surface area (Å²) in [5.74, 6) is 0. The molecule has 0 unspecified atom stereocenters. The number of unbranched alkanes of at least 4 members (excludes halogenated alkanes) is 1. The Kier molecular flexibility index (Phi) is 6.92. The Bertz CT molecular complexity index is 76.6. The normalized spacial score (nSPS) is 12.0. The third-order valence-electron chi connectivity index (χ3n) is 3.31. The van der Waals surface area contributed by atoms with E-state index in [0.29, 0.717) is 0 Å². The fraction of sp³-hybridized carbons (Fsp3) is 1.00. The zero-order valence-electron chi connectivity index (χ0n) is 8.74. The van der Waals surface area contributed by atoms with Gasteiger partial charge in [-0.25, -0.2) is 0 Å². The van der Waals surface area contributed by atoms with Crippen LogP contribution in [0.25, 0.3) is 0 Å². The Morgan fingerprint density at radius 2 is 1.27 bits per heavy atom. The van der Waals surface area contributed by atoms with Crippen molar-refractivity contribution in [2.45, 2.75) is 57.1 Å². The summed E-state index contributed by atoms with van der Waals surface area (Å²) in [5, 5.41) is 0. The second-order valence-electron chi connectivity index (χ2n) is 3.66. The molecule has 68 valence electrons. The molecule has 0 nitrogen and oxygen atoms in total. The summed E-state index contributed by atoms with van der Waals surface area (Å²) in [4.78, 5) is 0. The zero-order chi connectivity index (χ0) is 8.74. The summed E-state index contributed by atoms with van der Waals surface area (Å²) in [6.45, 7) is 9.60. The van der Waals surface area contributed by atoms with Crippen LogP contribution in [0.4, 0.5) is 0 Å². The quantitative estimate of drug-likeness (QED) is 0.627. The van der Waals surface area contributed by atoms with Crippen LogP contribution in [0.1, 0.15) is 40.5 Å². The van der Waals surface area contributed by atoms with Crippen molar-refractivity contribution in [2.75, 3.05) is 0 Å². The molecule has 0 aromatic carbocycles. The van der Waals surface area contributed by atoms with E-state index in [2.05, 4.69) is 27.7 Å². The summed E-state index contributed by atoms with van der Waals surface area (Å²) in [5.41, 5.74) is 0. The summed E-state index contributed by atoms with van der Waals surface area (Å²) in [7, 11) is 0. The minimum absolute atomic E-state index is 1.40. The van der Waals surface area contributed by atoms with Crippen LogP contribution in [0.3, 0.4) is 0 Å². The molecular weight excluding hydrogens is 211 g/mol. The van der Waals surface area contributed by atoms with E-state index in [4.69, 9.17) is 0 Å². The first kappa shape index (κ1) is 11.9. The molecule has 11 heavy (non-hydrogen) atoms. The van der Waals surface area contributed by atoms with Gasteiger partial charge in [0.05, 0.1) is 0 Å². The standard InChI is InChI=1S/C4H9.3C2H5.Zr/c1-3-4-2;3*1-2;/h1,3-4H2,2H3;3*1H2,2H3;. The molecule has 0 saturated heterocycles. The average Bonchev–Trinajstić information content (AvgIpc) is 2.08. The maximum absolute atomic E-state index is 2.43. The van der Waals surface area contributed by atoms with Crippen LogP contribution in [0, 0.1) is 0 Å². The SMILES string of the molecule is CCC[CH2][Zr]([CH2]C)([CH2]C)[CH2]C. The Morgan fingerprint density at radius 1 is 0.818 bits per heavy atom.